The van der Waals surface area contributed by atoms with E-state index in [2.05, 4.69) is 11.8 Å². The molecule has 1 aromatic carbocycles. The molecule has 114 valence electrons. The van der Waals surface area contributed by atoms with E-state index in [9.17, 15) is 9.18 Å². The number of aliphatic hydroxyl groups is 1. The van der Waals surface area contributed by atoms with E-state index in [-0.39, 0.29) is 18.1 Å². The molecule has 0 aliphatic rings. The summed E-state index contributed by atoms with van der Waals surface area (Å²) >= 11 is 0. The Hall–Kier alpha value is -1.90. The Bertz CT molecular complexity index is 547. The van der Waals surface area contributed by atoms with Crippen molar-refractivity contribution in [3.63, 3.8) is 0 Å². The molecule has 1 N–H and O–H groups in total. The van der Waals surface area contributed by atoms with Gasteiger partial charge in [-0.05, 0) is 45.3 Å². The fourth-order valence-electron chi connectivity index (χ4n) is 1.83. The highest BCUT2D eigenvalue weighted by molar-refractivity contribution is 5.94. The van der Waals surface area contributed by atoms with E-state index < -0.39 is 5.82 Å². The maximum atomic E-state index is 13.8. The molecule has 1 aromatic rings. The summed E-state index contributed by atoms with van der Waals surface area (Å²) < 4.78 is 13.8. The van der Waals surface area contributed by atoms with Crippen molar-refractivity contribution in [3.8, 4) is 11.8 Å². The van der Waals surface area contributed by atoms with E-state index in [1.54, 1.807) is 18.0 Å². The van der Waals surface area contributed by atoms with Crippen LogP contribution in [0.15, 0.2) is 18.2 Å². The molecular weight excluding hydrogens is 271 g/mol. The Morgan fingerprint density at radius 1 is 1.29 bits per heavy atom. The summed E-state index contributed by atoms with van der Waals surface area (Å²) in [5.41, 5.74) is 0.477. The lowest BCUT2D eigenvalue weighted by Gasteiger charge is -2.18. The van der Waals surface area contributed by atoms with Gasteiger partial charge in [0.25, 0.3) is 5.91 Å². The number of carbonyl (C=O) groups is 1. The number of aliphatic hydroxyl groups excluding tert-OH is 1. The monoisotopic (exact) mass is 292 g/mol. The van der Waals surface area contributed by atoms with Crippen LogP contribution in [0.2, 0.25) is 0 Å². The quantitative estimate of drug-likeness (QED) is 0.829. The van der Waals surface area contributed by atoms with Gasteiger partial charge in [0.1, 0.15) is 12.4 Å². The SMILES string of the molecule is CN(C)CCCN(C)C(=O)c1ccc(C#CCO)c(F)c1. The van der Waals surface area contributed by atoms with Crippen LogP contribution in [-0.2, 0) is 0 Å². The van der Waals surface area contributed by atoms with Crippen molar-refractivity contribution in [2.75, 3.05) is 40.8 Å². The van der Waals surface area contributed by atoms with Crippen LogP contribution in [0.5, 0.6) is 0 Å². The number of amides is 1. The van der Waals surface area contributed by atoms with Gasteiger partial charge in [0, 0.05) is 19.2 Å². The van der Waals surface area contributed by atoms with Crippen molar-refractivity contribution in [2.45, 2.75) is 6.42 Å². The average Bonchev–Trinajstić information content (AvgIpc) is 2.44. The van der Waals surface area contributed by atoms with E-state index >= 15 is 0 Å². The molecule has 0 aliphatic carbocycles. The van der Waals surface area contributed by atoms with Crippen molar-refractivity contribution >= 4 is 5.91 Å². The van der Waals surface area contributed by atoms with E-state index in [4.69, 9.17) is 5.11 Å². The number of halogens is 1. The van der Waals surface area contributed by atoms with Crippen LogP contribution in [0.25, 0.3) is 0 Å². The number of hydrogen-bond acceptors (Lipinski definition) is 3. The van der Waals surface area contributed by atoms with Gasteiger partial charge in [0.2, 0.25) is 0 Å². The van der Waals surface area contributed by atoms with Gasteiger partial charge in [-0.15, -0.1) is 0 Å². The first-order valence-electron chi connectivity index (χ1n) is 6.75. The van der Waals surface area contributed by atoms with Gasteiger partial charge in [0.15, 0.2) is 0 Å². The number of hydrogen-bond donors (Lipinski definition) is 1. The molecule has 0 atom stereocenters. The highest BCUT2D eigenvalue weighted by atomic mass is 19.1. The molecule has 0 unspecified atom stereocenters. The third-order valence-electron chi connectivity index (χ3n) is 2.96. The van der Waals surface area contributed by atoms with Crippen LogP contribution in [0, 0.1) is 17.7 Å². The predicted octanol–water partition coefficient (Wildman–Crippen LogP) is 1.19. The Morgan fingerprint density at radius 2 is 2.00 bits per heavy atom. The lowest BCUT2D eigenvalue weighted by molar-refractivity contribution is 0.0790. The molecule has 0 heterocycles. The summed E-state index contributed by atoms with van der Waals surface area (Å²) in [6, 6.07) is 4.19. The van der Waals surface area contributed by atoms with Gasteiger partial charge in [0.05, 0.1) is 5.56 Å². The Kier molecular flexibility index (Phi) is 6.86. The zero-order valence-electron chi connectivity index (χ0n) is 12.7. The van der Waals surface area contributed by atoms with Gasteiger partial charge in [-0.25, -0.2) is 4.39 Å². The number of benzene rings is 1. The average molecular weight is 292 g/mol. The van der Waals surface area contributed by atoms with Crippen molar-refractivity contribution in [3.05, 3.63) is 35.1 Å². The number of rotatable bonds is 5. The van der Waals surface area contributed by atoms with E-state index in [1.807, 2.05) is 19.0 Å². The van der Waals surface area contributed by atoms with Gasteiger partial charge in [-0.2, -0.15) is 0 Å². The number of carbonyl (C=O) groups excluding carboxylic acids is 1. The van der Waals surface area contributed by atoms with Crippen LogP contribution < -0.4 is 0 Å². The largest absolute Gasteiger partial charge is 0.384 e. The number of nitrogens with zero attached hydrogens (tertiary/aromatic N) is 2. The molecule has 0 radical (unpaired) electrons. The second-order valence-corrected chi connectivity index (χ2v) is 5.04. The van der Waals surface area contributed by atoms with Crippen LogP contribution in [0.3, 0.4) is 0 Å². The summed E-state index contributed by atoms with van der Waals surface area (Å²) in [6.45, 7) is 1.18. The molecule has 1 amide bonds. The Morgan fingerprint density at radius 3 is 2.57 bits per heavy atom. The molecule has 1 rings (SSSR count). The van der Waals surface area contributed by atoms with E-state index in [0.29, 0.717) is 12.1 Å². The van der Waals surface area contributed by atoms with E-state index in [1.165, 1.54) is 12.1 Å². The Balaban J connectivity index is 2.72. The minimum atomic E-state index is -0.552. The molecule has 0 aliphatic heterocycles. The summed E-state index contributed by atoms with van der Waals surface area (Å²) in [4.78, 5) is 15.8. The van der Waals surface area contributed by atoms with Crippen molar-refractivity contribution < 1.29 is 14.3 Å². The maximum Gasteiger partial charge on any atom is 0.253 e. The lowest BCUT2D eigenvalue weighted by atomic mass is 10.1. The zero-order chi connectivity index (χ0) is 15.8. The second kappa shape index (κ2) is 8.40. The summed E-state index contributed by atoms with van der Waals surface area (Å²) in [7, 11) is 5.65. The highest BCUT2D eigenvalue weighted by Crippen LogP contribution is 2.11. The molecule has 0 saturated heterocycles. The summed E-state index contributed by atoms with van der Waals surface area (Å²) in [5, 5.41) is 8.60. The first kappa shape index (κ1) is 17.2. The molecule has 21 heavy (non-hydrogen) atoms. The minimum absolute atomic E-state index is 0.177. The smallest absolute Gasteiger partial charge is 0.253 e. The molecule has 0 bridgehead atoms. The third-order valence-corrected chi connectivity index (χ3v) is 2.96. The minimum Gasteiger partial charge on any atom is -0.384 e. The lowest BCUT2D eigenvalue weighted by Crippen LogP contribution is -2.29. The fourth-order valence-corrected chi connectivity index (χ4v) is 1.83. The first-order chi connectivity index (χ1) is 9.95. The maximum absolute atomic E-state index is 13.8. The van der Waals surface area contributed by atoms with Crippen LogP contribution >= 0.6 is 0 Å². The van der Waals surface area contributed by atoms with Crippen molar-refractivity contribution in [2.24, 2.45) is 0 Å². The summed E-state index contributed by atoms with van der Waals surface area (Å²) in [6.07, 6.45) is 0.859. The standard InChI is InChI=1S/C16H21FN2O2/c1-18(2)9-5-10-19(3)16(21)14-8-7-13(6-4-11-20)15(17)12-14/h7-8,12,20H,5,9-11H2,1-3H3. The topological polar surface area (TPSA) is 43.8 Å². The van der Waals surface area contributed by atoms with Gasteiger partial charge >= 0.3 is 0 Å². The second-order valence-electron chi connectivity index (χ2n) is 5.04. The highest BCUT2D eigenvalue weighted by Gasteiger charge is 2.13. The molecular formula is C16H21FN2O2. The van der Waals surface area contributed by atoms with Gasteiger partial charge in [-0.3, -0.25) is 4.79 Å². The van der Waals surface area contributed by atoms with Crippen molar-refractivity contribution in [1.82, 2.24) is 9.80 Å². The van der Waals surface area contributed by atoms with Crippen LogP contribution in [0.1, 0.15) is 22.3 Å². The normalized spacial score (nSPS) is 10.2. The fraction of sp³-hybridized carbons (Fsp3) is 0.438. The molecule has 4 nitrogen and oxygen atoms in total. The van der Waals surface area contributed by atoms with Gasteiger partial charge < -0.3 is 14.9 Å². The van der Waals surface area contributed by atoms with Crippen molar-refractivity contribution in [1.29, 1.82) is 0 Å². The molecule has 0 fully saturated rings. The summed E-state index contributed by atoms with van der Waals surface area (Å²) in [5.74, 6) is 4.11. The third kappa shape index (κ3) is 5.54. The molecule has 0 saturated carbocycles. The Labute approximate surface area is 125 Å². The van der Waals surface area contributed by atoms with Crippen LogP contribution in [-0.4, -0.2) is 61.7 Å². The van der Waals surface area contributed by atoms with Gasteiger partial charge in [-0.1, -0.05) is 11.8 Å². The molecule has 0 spiro atoms. The molecule has 0 aromatic heterocycles. The predicted molar refractivity (Wildman–Crippen MR) is 80.5 cm³/mol. The zero-order valence-corrected chi connectivity index (χ0v) is 12.7. The molecule has 5 heteroatoms. The van der Waals surface area contributed by atoms with E-state index in [0.717, 1.165) is 13.0 Å². The van der Waals surface area contributed by atoms with Crippen LogP contribution in [0.4, 0.5) is 4.39 Å². The first-order valence-corrected chi connectivity index (χ1v) is 6.75.